The SMILES string of the molecule is C[C@H](c1ccccn1)N(C(=O)CN)C1CC1. The van der Waals surface area contributed by atoms with Crippen LogP contribution in [0.5, 0.6) is 0 Å². The molecule has 0 radical (unpaired) electrons. The number of carbonyl (C=O) groups excluding carboxylic acids is 1. The van der Waals surface area contributed by atoms with Crippen LogP contribution in [0, 0.1) is 0 Å². The van der Waals surface area contributed by atoms with E-state index in [4.69, 9.17) is 5.73 Å². The third kappa shape index (κ3) is 2.22. The molecule has 4 nitrogen and oxygen atoms in total. The zero-order valence-electron chi connectivity index (χ0n) is 9.47. The lowest BCUT2D eigenvalue weighted by Crippen LogP contribution is -2.39. The highest BCUT2D eigenvalue weighted by Crippen LogP contribution is 2.33. The van der Waals surface area contributed by atoms with Crippen molar-refractivity contribution in [1.29, 1.82) is 0 Å². The summed E-state index contributed by atoms with van der Waals surface area (Å²) >= 11 is 0. The molecule has 1 fully saturated rings. The lowest BCUT2D eigenvalue weighted by Gasteiger charge is -2.28. The largest absolute Gasteiger partial charge is 0.330 e. The minimum Gasteiger partial charge on any atom is -0.330 e. The fourth-order valence-corrected chi connectivity index (χ4v) is 1.96. The Bertz CT molecular complexity index is 362. The van der Waals surface area contributed by atoms with E-state index in [0.717, 1.165) is 18.5 Å². The monoisotopic (exact) mass is 219 g/mol. The number of hydrogen-bond donors (Lipinski definition) is 1. The topological polar surface area (TPSA) is 59.2 Å². The van der Waals surface area contributed by atoms with Crippen LogP contribution in [-0.2, 0) is 4.79 Å². The lowest BCUT2D eigenvalue weighted by molar-refractivity contribution is -0.132. The van der Waals surface area contributed by atoms with E-state index in [1.807, 2.05) is 30.0 Å². The van der Waals surface area contributed by atoms with Crippen LogP contribution in [0.1, 0.15) is 31.5 Å². The van der Waals surface area contributed by atoms with Crippen molar-refractivity contribution in [3.05, 3.63) is 30.1 Å². The molecule has 1 saturated carbocycles. The lowest BCUT2D eigenvalue weighted by atomic mass is 10.1. The number of amides is 1. The normalized spacial score (nSPS) is 16.9. The second kappa shape index (κ2) is 4.61. The quantitative estimate of drug-likeness (QED) is 0.824. The van der Waals surface area contributed by atoms with Crippen molar-refractivity contribution >= 4 is 5.91 Å². The zero-order valence-corrected chi connectivity index (χ0v) is 9.47. The first kappa shape index (κ1) is 11.1. The van der Waals surface area contributed by atoms with Crippen LogP contribution in [0.4, 0.5) is 0 Å². The number of hydrogen-bond acceptors (Lipinski definition) is 3. The summed E-state index contributed by atoms with van der Waals surface area (Å²) in [5.74, 6) is 0.0145. The Balaban J connectivity index is 2.17. The molecule has 1 aromatic heterocycles. The van der Waals surface area contributed by atoms with Crippen LogP contribution in [-0.4, -0.2) is 28.4 Å². The van der Waals surface area contributed by atoms with Gasteiger partial charge in [0, 0.05) is 12.2 Å². The molecule has 16 heavy (non-hydrogen) atoms. The molecule has 0 aromatic carbocycles. The van der Waals surface area contributed by atoms with E-state index < -0.39 is 0 Å². The summed E-state index contributed by atoms with van der Waals surface area (Å²) < 4.78 is 0. The average molecular weight is 219 g/mol. The first-order valence-electron chi connectivity index (χ1n) is 5.66. The maximum Gasteiger partial charge on any atom is 0.237 e. The average Bonchev–Trinajstić information content (AvgIpc) is 3.14. The van der Waals surface area contributed by atoms with E-state index in [0.29, 0.717) is 6.04 Å². The van der Waals surface area contributed by atoms with Crippen molar-refractivity contribution in [3.8, 4) is 0 Å². The molecule has 86 valence electrons. The minimum absolute atomic E-state index is 0.0145. The molecule has 1 atom stereocenters. The van der Waals surface area contributed by atoms with Gasteiger partial charge in [-0.05, 0) is 31.9 Å². The van der Waals surface area contributed by atoms with Gasteiger partial charge in [-0.1, -0.05) is 6.07 Å². The molecule has 1 aromatic rings. The van der Waals surface area contributed by atoms with E-state index in [9.17, 15) is 4.79 Å². The minimum atomic E-state index is 0.0145. The van der Waals surface area contributed by atoms with Gasteiger partial charge in [-0.3, -0.25) is 9.78 Å². The maximum absolute atomic E-state index is 11.8. The van der Waals surface area contributed by atoms with Crippen LogP contribution in [0.3, 0.4) is 0 Å². The molecular formula is C12H17N3O. The van der Waals surface area contributed by atoms with Gasteiger partial charge in [0.05, 0.1) is 18.3 Å². The van der Waals surface area contributed by atoms with Gasteiger partial charge < -0.3 is 10.6 Å². The van der Waals surface area contributed by atoms with Gasteiger partial charge in [-0.25, -0.2) is 0 Å². The van der Waals surface area contributed by atoms with Gasteiger partial charge >= 0.3 is 0 Å². The Morgan fingerprint density at radius 2 is 2.38 bits per heavy atom. The molecule has 1 heterocycles. The summed E-state index contributed by atoms with van der Waals surface area (Å²) in [6.45, 7) is 2.09. The van der Waals surface area contributed by atoms with E-state index >= 15 is 0 Å². The van der Waals surface area contributed by atoms with Crippen molar-refractivity contribution in [2.24, 2.45) is 5.73 Å². The number of aromatic nitrogens is 1. The second-order valence-corrected chi connectivity index (χ2v) is 4.17. The standard InChI is InChI=1S/C12H17N3O/c1-9(11-4-2-3-7-14-11)15(10-5-6-10)12(16)8-13/h2-4,7,9-10H,5-6,8,13H2,1H3/t9-/m1/s1. The van der Waals surface area contributed by atoms with Gasteiger partial charge in [0.25, 0.3) is 0 Å². The first-order valence-corrected chi connectivity index (χ1v) is 5.66. The number of nitrogens with two attached hydrogens (primary N) is 1. The summed E-state index contributed by atoms with van der Waals surface area (Å²) in [6, 6.07) is 6.15. The van der Waals surface area contributed by atoms with Crippen LogP contribution < -0.4 is 5.73 Å². The molecule has 1 aliphatic rings. The number of carbonyl (C=O) groups is 1. The van der Waals surface area contributed by atoms with Gasteiger partial charge in [0.15, 0.2) is 0 Å². The Morgan fingerprint density at radius 3 is 2.88 bits per heavy atom. The highest BCUT2D eigenvalue weighted by molar-refractivity contribution is 5.79. The summed E-state index contributed by atoms with van der Waals surface area (Å²) in [7, 11) is 0. The number of nitrogens with zero attached hydrogens (tertiary/aromatic N) is 2. The predicted molar refractivity (Wildman–Crippen MR) is 61.6 cm³/mol. The molecule has 1 amide bonds. The van der Waals surface area contributed by atoms with Gasteiger partial charge in [0.1, 0.15) is 0 Å². The van der Waals surface area contributed by atoms with E-state index in [1.165, 1.54) is 0 Å². The molecule has 0 bridgehead atoms. The van der Waals surface area contributed by atoms with Crippen LogP contribution >= 0.6 is 0 Å². The molecule has 4 heteroatoms. The van der Waals surface area contributed by atoms with Gasteiger partial charge in [0.2, 0.25) is 5.91 Å². The van der Waals surface area contributed by atoms with E-state index in [2.05, 4.69) is 4.98 Å². The van der Waals surface area contributed by atoms with Crippen molar-refractivity contribution in [2.45, 2.75) is 31.8 Å². The molecule has 0 aliphatic heterocycles. The molecule has 2 rings (SSSR count). The fraction of sp³-hybridized carbons (Fsp3) is 0.500. The fourth-order valence-electron chi connectivity index (χ4n) is 1.96. The molecule has 2 N–H and O–H groups in total. The Morgan fingerprint density at radius 1 is 1.62 bits per heavy atom. The van der Waals surface area contributed by atoms with E-state index in [-0.39, 0.29) is 18.5 Å². The summed E-state index contributed by atoms with van der Waals surface area (Å²) in [4.78, 5) is 18.0. The van der Waals surface area contributed by atoms with Gasteiger partial charge in [-0.15, -0.1) is 0 Å². The third-order valence-electron chi connectivity index (χ3n) is 2.94. The second-order valence-electron chi connectivity index (χ2n) is 4.17. The number of pyridine rings is 1. The Hall–Kier alpha value is -1.42. The highest BCUT2D eigenvalue weighted by Gasteiger charge is 2.35. The van der Waals surface area contributed by atoms with Crippen LogP contribution in [0.15, 0.2) is 24.4 Å². The van der Waals surface area contributed by atoms with Crippen molar-refractivity contribution in [2.75, 3.05) is 6.54 Å². The summed E-state index contributed by atoms with van der Waals surface area (Å²) in [5, 5.41) is 0. The number of rotatable bonds is 4. The van der Waals surface area contributed by atoms with Crippen molar-refractivity contribution in [1.82, 2.24) is 9.88 Å². The Labute approximate surface area is 95.5 Å². The molecule has 0 spiro atoms. The maximum atomic E-state index is 11.8. The highest BCUT2D eigenvalue weighted by atomic mass is 16.2. The third-order valence-corrected chi connectivity index (χ3v) is 2.94. The zero-order chi connectivity index (χ0) is 11.5. The molecule has 0 saturated heterocycles. The van der Waals surface area contributed by atoms with Gasteiger partial charge in [-0.2, -0.15) is 0 Å². The molecule has 0 unspecified atom stereocenters. The van der Waals surface area contributed by atoms with Crippen LogP contribution in [0.25, 0.3) is 0 Å². The smallest absolute Gasteiger partial charge is 0.237 e. The van der Waals surface area contributed by atoms with Crippen LogP contribution in [0.2, 0.25) is 0 Å². The molecule has 1 aliphatic carbocycles. The van der Waals surface area contributed by atoms with E-state index in [1.54, 1.807) is 6.20 Å². The first-order chi connectivity index (χ1) is 7.74. The van der Waals surface area contributed by atoms with Crippen molar-refractivity contribution in [3.63, 3.8) is 0 Å². The predicted octanol–water partition coefficient (Wildman–Crippen LogP) is 1.09. The summed E-state index contributed by atoms with van der Waals surface area (Å²) in [5.41, 5.74) is 6.37. The molecular weight excluding hydrogens is 202 g/mol. The van der Waals surface area contributed by atoms with Crippen molar-refractivity contribution < 1.29 is 4.79 Å². The Kier molecular flexibility index (Phi) is 3.19. The summed E-state index contributed by atoms with van der Waals surface area (Å²) in [6.07, 6.45) is 3.93.